The van der Waals surface area contributed by atoms with Crippen LogP contribution >= 0.6 is 23.2 Å². The summed E-state index contributed by atoms with van der Waals surface area (Å²) in [5.41, 5.74) is 1.80. The van der Waals surface area contributed by atoms with Crippen LogP contribution in [0.15, 0.2) is 83.5 Å². The molecule has 28 heavy (non-hydrogen) atoms. The third-order valence-electron chi connectivity index (χ3n) is 3.95. The molecule has 0 saturated carbocycles. The first-order valence-corrected chi connectivity index (χ1v) is 9.15. The lowest BCUT2D eigenvalue weighted by molar-refractivity contribution is -0.129. The van der Waals surface area contributed by atoms with Gasteiger partial charge in [0, 0.05) is 11.6 Å². The quantitative estimate of drug-likeness (QED) is 0.384. The number of carbonyl (C=O) groups excluding carboxylic acids is 1. The zero-order valence-corrected chi connectivity index (χ0v) is 15.9. The highest BCUT2D eigenvalue weighted by Crippen LogP contribution is 2.29. The van der Waals surface area contributed by atoms with Gasteiger partial charge in [-0.15, -0.1) is 0 Å². The van der Waals surface area contributed by atoms with Gasteiger partial charge in [-0.1, -0.05) is 53.5 Å². The molecule has 3 aromatic carbocycles. The highest BCUT2D eigenvalue weighted by Gasteiger charge is 2.23. The summed E-state index contributed by atoms with van der Waals surface area (Å²) in [6.45, 7) is 0. The van der Waals surface area contributed by atoms with Crippen LogP contribution in [0.25, 0.3) is 6.08 Å². The Kier molecular flexibility index (Phi) is 5.15. The molecule has 6 heteroatoms. The first-order valence-electron chi connectivity index (χ1n) is 8.39. The van der Waals surface area contributed by atoms with E-state index in [2.05, 4.69) is 4.99 Å². The Bertz CT molecular complexity index is 1090. The Balaban J connectivity index is 1.51. The summed E-state index contributed by atoms with van der Waals surface area (Å²) in [6, 6.07) is 21.6. The van der Waals surface area contributed by atoms with Crippen molar-refractivity contribution in [2.24, 2.45) is 4.99 Å². The molecule has 4 rings (SSSR count). The molecular formula is C22H13Cl2NO3. The van der Waals surface area contributed by atoms with Gasteiger partial charge in [0.15, 0.2) is 5.70 Å². The van der Waals surface area contributed by atoms with Gasteiger partial charge >= 0.3 is 5.97 Å². The normalized spacial score (nSPS) is 14.7. The van der Waals surface area contributed by atoms with Crippen LogP contribution in [-0.4, -0.2) is 11.9 Å². The largest absolute Gasteiger partial charge is 0.457 e. The maximum Gasteiger partial charge on any atom is 0.363 e. The number of cyclic esters (lactones) is 1. The summed E-state index contributed by atoms with van der Waals surface area (Å²) in [5, 5.41) is 0.891. The number of hydrogen-bond acceptors (Lipinski definition) is 4. The van der Waals surface area contributed by atoms with Crippen molar-refractivity contribution < 1.29 is 14.3 Å². The van der Waals surface area contributed by atoms with Crippen molar-refractivity contribution in [1.82, 2.24) is 0 Å². The summed E-state index contributed by atoms with van der Waals surface area (Å²) in [7, 11) is 0. The predicted octanol–water partition coefficient (Wildman–Crippen LogP) is 6.13. The fourth-order valence-corrected chi connectivity index (χ4v) is 2.87. The average molecular weight is 410 g/mol. The summed E-state index contributed by atoms with van der Waals surface area (Å²) in [6.07, 6.45) is 1.67. The van der Waals surface area contributed by atoms with E-state index in [1.807, 2.05) is 42.5 Å². The molecule has 0 aromatic heterocycles. The minimum Gasteiger partial charge on any atom is -0.457 e. The second kappa shape index (κ2) is 7.89. The second-order valence-corrected chi connectivity index (χ2v) is 6.76. The zero-order chi connectivity index (χ0) is 19.5. The van der Waals surface area contributed by atoms with E-state index in [1.54, 1.807) is 36.4 Å². The predicted molar refractivity (Wildman–Crippen MR) is 110 cm³/mol. The molecule has 0 aliphatic carbocycles. The maximum atomic E-state index is 12.1. The monoisotopic (exact) mass is 409 g/mol. The molecule has 1 aliphatic rings. The Hall–Kier alpha value is -3.08. The van der Waals surface area contributed by atoms with Crippen LogP contribution in [0.4, 0.5) is 0 Å². The fraction of sp³-hybridized carbons (Fsp3) is 0. The molecule has 0 spiro atoms. The Morgan fingerprint density at radius 3 is 2.29 bits per heavy atom. The van der Waals surface area contributed by atoms with Crippen LogP contribution in [0.3, 0.4) is 0 Å². The Morgan fingerprint density at radius 2 is 1.57 bits per heavy atom. The van der Waals surface area contributed by atoms with Crippen molar-refractivity contribution in [3.05, 3.63) is 99.7 Å². The van der Waals surface area contributed by atoms with Crippen molar-refractivity contribution >= 4 is 41.1 Å². The van der Waals surface area contributed by atoms with Gasteiger partial charge in [0.25, 0.3) is 0 Å². The van der Waals surface area contributed by atoms with Crippen LogP contribution in [0.2, 0.25) is 10.0 Å². The number of halogens is 2. The number of rotatable bonds is 4. The second-order valence-electron chi connectivity index (χ2n) is 5.95. The lowest BCUT2D eigenvalue weighted by Crippen LogP contribution is -2.04. The number of hydrogen-bond donors (Lipinski definition) is 0. The molecule has 138 valence electrons. The van der Waals surface area contributed by atoms with Gasteiger partial charge in [-0.25, -0.2) is 9.79 Å². The van der Waals surface area contributed by atoms with Crippen molar-refractivity contribution in [3.8, 4) is 11.5 Å². The average Bonchev–Trinajstić information content (AvgIpc) is 3.07. The zero-order valence-electron chi connectivity index (χ0n) is 14.4. The van der Waals surface area contributed by atoms with Crippen molar-refractivity contribution in [2.75, 3.05) is 0 Å². The van der Waals surface area contributed by atoms with Crippen LogP contribution in [0.1, 0.15) is 11.1 Å². The van der Waals surface area contributed by atoms with Crippen LogP contribution in [-0.2, 0) is 9.53 Å². The highest BCUT2D eigenvalue weighted by molar-refractivity contribution is 6.42. The van der Waals surface area contributed by atoms with E-state index < -0.39 is 5.97 Å². The third kappa shape index (κ3) is 4.09. The number of aliphatic imine (C=N–C) groups is 1. The van der Waals surface area contributed by atoms with Crippen LogP contribution in [0.5, 0.6) is 11.5 Å². The first kappa shape index (κ1) is 18.3. The lowest BCUT2D eigenvalue weighted by Gasteiger charge is -2.07. The summed E-state index contributed by atoms with van der Waals surface area (Å²) in [5.74, 6) is 1.03. The molecule has 0 bridgehead atoms. The van der Waals surface area contributed by atoms with E-state index >= 15 is 0 Å². The van der Waals surface area contributed by atoms with Gasteiger partial charge in [0.1, 0.15) is 11.5 Å². The Morgan fingerprint density at radius 1 is 0.857 bits per heavy atom. The van der Waals surface area contributed by atoms with Gasteiger partial charge in [-0.05, 0) is 48.0 Å². The molecule has 1 heterocycles. The smallest absolute Gasteiger partial charge is 0.363 e. The fourth-order valence-electron chi connectivity index (χ4n) is 2.58. The number of nitrogens with zero attached hydrogens (tertiary/aromatic N) is 1. The molecule has 0 radical (unpaired) electrons. The maximum absolute atomic E-state index is 12.1. The highest BCUT2D eigenvalue weighted by atomic mass is 35.5. The van der Waals surface area contributed by atoms with Gasteiger partial charge in [0.2, 0.25) is 5.90 Å². The topological polar surface area (TPSA) is 47.9 Å². The molecule has 1 aliphatic heterocycles. The Labute approximate surface area is 171 Å². The molecule has 0 unspecified atom stereocenters. The minimum atomic E-state index is -0.477. The van der Waals surface area contributed by atoms with Gasteiger partial charge < -0.3 is 9.47 Å². The number of ether oxygens (including phenoxy) is 2. The van der Waals surface area contributed by atoms with E-state index in [0.717, 1.165) is 11.1 Å². The molecular weight excluding hydrogens is 397 g/mol. The van der Waals surface area contributed by atoms with E-state index in [0.29, 0.717) is 27.4 Å². The molecule has 0 amide bonds. The summed E-state index contributed by atoms with van der Waals surface area (Å²) >= 11 is 11.9. The number of carbonyl (C=O) groups is 1. The van der Waals surface area contributed by atoms with Crippen LogP contribution in [0, 0.1) is 0 Å². The SMILES string of the molecule is O=C1OC(c2ccccc2)=N/C1=C\c1ccc(Oc2ccc(Cl)c(Cl)c2)cc1. The summed E-state index contributed by atoms with van der Waals surface area (Å²) < 4.78 is 11.0. The van der Waals surface area contributed by atoms with E-state index in [1.165, 1.54) is 0 Å². The molecule has 4 nitrogen and oxygen atoms in total. The van der Waals surface area contributed by atoms with Crippen molar-refractivity contribution in [2.45, 2.75) is 0 Å². The van der Waals surface area contributed by atoms with Gasteiger partial charge in [-0.2, -0.15) is 0 Å². The molecule has 0 atom stereocenters. The summed E-state index contributed by atoms with van der Waals surface area (Å²) in [4.78, 5) is 16.4. The van der Waals surface area contributed by atoms with Crippen molar-refractivity contribution in [3.63, 3.8) is 0 Å². The number of esters is 1. The molecule has 0 fully saturated rings. The van der Waals surface area contributed by atoms with E-state index in [4.69, 9.17) is 32.7 Å². The molecule has 0 saturated heterocycles. The standard InChI is InChI=1S/C22H13Cl2NO3/c23-18-11-10-17(13-19(18)24)27-16-8-6-14(7-9-16)12-20-22(26)28-21(25-20)15-4-2-1-3-5-15/h1-13H/b20-12-. The van der Waals surface area contributed by atoms with Gasteiger partial charge in [0.05, 0.1) is 10.0 Å². The van der Waals surface area contributed by atoms with Crippen LogP contribution < -0.4 is 4.74 Å². The molecule has 3 aromatic rings. The third-order valence-corrected chi connectivity index (χ3v) is 4.69. The van der Waals surface area contributed by atoms with E-state index in [9.17, 15) is 4.79 Å². The minimum absolute atomic E-state index is 0.247. The molecule has 0 N–H and O–H groups in total. The van der Waals surface area contributed by atoms with E-state index in [-0.39, 0.29) is 5.70 Å². The number of benzene rings is 3. The van der Waals surface area contributed by atoms with Gasteiger partial charge in [-0.3, -0.25) is 0 Å². The van der Waals surface area contributed by atoms with Crippen molar-refractivity contribution in [1.29, 1.82) is 0 Å². The first-order chi connectivity index (χ1) is 13.6. The lowest BCUT2D eigenvalue weighted by atomic mass is 10.2.